The van der Waals surface area contributed by atoms with Crippen LogP contribution in [0, 0.1) is 5.92 Å². The number of piperidine rings is 1. The summed E-state index contributed by atoms with van der Waals surface area (Å²) in [4.78, 5) is 26.4. The summed E-state index contributed by atoms with van der Waals surface area (Å²) < 4.78 is 0. The SMILES string of the molecule is O=C(Nc1cc(Cl)ccc1O)C1CCN(C(=O)Nc2ccc(Cl)cc2)CC1. The molecule has 8 heteroatoms. The van der Waals surface area contributed by atoms with Gasteiger partial charge < -0.3 is 20.6 Å². The molecule has 3 N–H and O–H groups in total. The zero-order chi connectivity index (χ0) is 19.4. The summed E-state index contributed by atoms with van der Waals surface area (Å²) >= 11 is 11.7. The Kier molecular flexibility index (Phi) is 6.08. The Bertz CT molecular complexity index is 835. The van der Waals surface area contributed by atoms with Crippen molar-refractivity contribution in [3.63, 3.8) is 0 Å². The number of rotatable bonds is 3. The van der Waals surface area contributed by atoms with E-state index in [4.69, 9.17) is 23.2 Å². The lowest BCUT2D eigenvalue weighted by Gasteiger charge is -2.31. The van der Waals surface area contributed by atoms with Crippen molar-refractivity contribution in [1.82, 2.24) is 4.90 Å². The number of urea groups is 1. The molecule has 0 saturated carbocycles. The molecule has 142 valence electrons. The van der Waals surface area contributed by atoms with Gasteiger partial charge in [-0.25, -0.2) is 4.79 Å². The maximum atomic E-state index is 12.4. The zero-order valence-electron chi connectivity index (χ0n) is 14.4. The Morgan fingerprint density at radius 3 is 2.26 bits per heavy atom. The highest BCUT2D eigenvalue weighted by molar-refractivity contribution is 6.31. The van der Waals surface area contributed by atoms with E-state index in [1.54, 1.807) is 35.2 Å². The smallest absolute Gasteiger partial charge is 0.321 e. The number of phenols is 1. The Labute approximate surface area is 167 Å². The van der Waals surface area contributed by atoms with Gasteiger partial charge in [-0.1, -0.05) is 23.2 Å². The molecular weight excluding hydrogens is 389 g/mol. The number of anilines is 2. The lowest BCUT2D eigenvalue weighted by molar-refractivity contribution is -0.121. The number of benzene rings is 2. The number of carbonyl (C=O) groups is 2. The van der Waals surface area contributed by atoms with Crippen molar-refractivity contribution in [2.75, 3.05) is 23.7 Å². The third-order valence-corrected chi connectivity index (χ3v) is 4.95. The van der Waals surface area contributed by atoms with Gasteiger partial charge in [-0.3, -0.25) is 4.79 Å². The molecule has 2 aromatic rings. The molecule has 3 rings (SSSR count). The molecule has 1 fully saturated rings. The average Bonchev–Trinajstić information content (AvgIpc) is 2.66. The third kappa shape index (κ3) is 5.05. The molecular formula is C19H19Cl2N3O3. The third-order valence-electron chi connectivity index (χ3n) is 4.46. The Balaban J connectivity index is 1.52. The van der Waals surface area contributed by atoms with Gasteiger partial charge in [0.1, 0.15) is 5.75 Å². The topological polar surface area (TPSA) is 81.7 Å². The maximum absolute atomic E-state index is 12.4. The highest BCUT2D eigenvalue weighted by atomic mass is 35.5. The predicted molar refractivity (Wildman–Crippen MR) is 107 cm³/mol. The highest BCUT2D eigenvalue weighted by Crippen LogP contribution is 2.28. The number of nitrogens with one attached hydrogen (secondary N) is 2. The molecule has 0 aromatic heterocycles. The number of nitrogens with zero attached hydrogens (tertiary/aromatic N) is 1. The molecule has 0 unspecified atom stereocenters. The summed E-state index contributed by atoms with van der Waals surface area (Å²) in [5.41, 5.74) is 0.955. The van der Waals surface area contributed by atoms with E-state index < -0.39 is 0 Å². The van der Waals surface area contributed by atoms with Gasteiger partial charge in [-0.2, -0.15) is 0 Å². The Hall–Kier alpha value is -2.44. The van der Waals surface area contributed by atoms with Crippen LogP contribution in [0.4, 0.5) is 16.2 Å². The quantitative estimate of drug-likeness (QED) is 0.651. The molecule has 1 aliphatic rings. The standard InChI is InChI=1S/C19H19Cl2N3O3/c20-13-1-4-15(5-2-13)22-19(27)24-9-7-12(8-10-24)18(26)23-16-11-14(21)3-6-17(16)25/h1-6,11-12,25H,7-10H2,(H,22,27)(H,23,26). The van der Waals surface area contributed by atoms with Crippen molar-refractivity contribution < 1.29 is 14.7 Å². The van der Waals surface area contributed by atoms with Crippen LogP contribution < -0.4 is 10.6 Å². The van der Waals surface area contributed by atoms with Crippen LogP contribution in [-0.2, 0) is 4.79 Å². The number of hydrogen-bond donors (Lipinski definition) is 3. The van der Waals surface area contributed by atoms with Crippen molar-refractivity contribution in [3.8, 4) is 5.75 Å². The molecule has 0 bridgehead atoms. The van der Waals surface area contributed by atoms with Crippen LogP contribution in [0.1, 0.15) is 12.8 Å². The van der Waals surface area contributed by atoms with E-state index in [0.29, 0.717) is 41.7 Å². The number of hydrogen-bond acceptors (Lipinski definition) is 3. The summed E-state index contributed by atoms with van der Waals surface area (Å²) in [5, 5.41) is 16.4. The minimum atomic E-state index is -0.233. The fraction of sp³-hybridized carbons (Fsp3) is 0.263. The van der Waals surface area contributed by atoms with Gasteiger partial charge in [0.25, 0.3) is 0 Å². The van der Waals surface area contributed by atoms with E-state index >= 15 is 0 Å². The van der Waals surface area contributed by atoms with Gasteiger partial charge in [0.2, 0.25) is 5.91 Å². The first kappa shape index (κ1) is 19.3. The second kappa shape index (κ2) is 8.50. The van der Waals surface area contributed by atoms with E-state index in [1.807, 2.05) is 0 Å². The maximum Gasteiger partial charge on any atom is 0.321 e. The molecule has 1 saturated heterocycles. The van der Waals surface area contributed by atoms with Crippen molar-refractivity contribution in [1.29, 1.82) is 0 Å². The normalized spacial score (nSPS) is 14.7. The van der Waals surface area contributed by atoms with Crippen LogP contribution in [0.5, 0.6) is 5.75 Å². The molecule has 0 aliphatic carbocycles. The van der Waals surface area contributed by atoms with Crippen LogP contribution in [-0.4, -0.2) is 35.0 Å². The number of amides is 3. The molecule has 0 atom stereocenters. The second-order valence-electron chi connectivity index (χ2n) is 6.35. The van der Waals surface area contributed by atoms with Crippen LogP contribution >= 0.6 is 23.2 Å². The molecule has 1 aliphatic heterocycles. The van der Waals surface area contributed by atoms with Crippen molar-refractivity contribution >= 4 is 46.5 Å². The first-order valence-corrected chi connectivity index (χ1v) is 9.29. The summed E-state index contributed by atoms with van der Waals surface area (Å²) in [6, 6.07) is 11.2. The average molecular weight is 408 g/mol. The molecule has 3 amide bonds. The Morgan fingerprint density at radius 1 is 0.963 bits per heavy atom. The first-order chi connectivity index (χ1) is 12.9. The summed E-state index contributed by atoms with van der Waals surface area (Å²) in [6.45, 7) is 0.943. The van der Waals surface area contributed by atoms with Gasteiger partial charge >= 0.3 is 6.03 Å². The van der Waals surface area contributed by atoms with Gasteiger partial charge in [-0.15, -0.1) is 0 Å². The van der Waals surface area contributed by atoms with Crippen LogP contribution in [0.25, 0.3) is 0 Å². The monoisotopic (exact) mass is 407 g/mol. The van der Waals surface area contributed by atoms with E-state index in [9.17, 15) is 14.7 Å². The molecule has 2 aromatic carbocycles. The highest BCUT2D eigenvalue weighted by Gasteiger charge is 2.27. The second-order valence-corrected chi connectivity index (χ2v) is 7.22. The molecule has 1 heterocycles. The molecule has 0 spiro atoms. The van der Waals surface area contributed by atoms with Crippen molar-refractivity contribution in [3.05, 3.63) is 52.5 Å². The summed E-state index contributed by atoms with van der Waals surface area (Å²) in [5.74, 6) is -0.458. The van der Waals surface area contributed by atoms with Crippen LogP contribution in [0.2, 0.25) is 10.0 Å². The van der Waals surface area contributed by atoms with E-state index in [1.165, 1.54) is 12.1 Å². The largest absolute Gasteiger partial charge is 0.506 e. The summed E-state index contributed by atoms with van der Waals surface area (Å²) in [6.07, 6.45) is 1.09. The van der Waals surface area contributed by atoms with Gasteiger partial charge in [-0.05, 0) is 55.3 Å². The first-order valence-electron chi connectivity index (χ1n) is 8.53. The fourth-order valence-electron chi connectivity index (χ4n) is 2.92. The number of carbonyl (C=O) groups excluding carboxylic acids is 2. The van der Waals surface area contributed by atoms with Crippen molar-refractivity contribution in [2.24, 2.45) is 5.92 Å². The predicted octanol–water partition coefficient (Wildman–Crippen LogP) is 4.58. The minimum absolute atomic E-state index is 0.0347. The fourth-order valence-corrected chi connectivity index (χ4v) is 3.22. The lowest BCUT2D eigenvalue weighted by atomic mass is 9.96. The van der Waals surface area contributed by atoms with Crippen molar-refractivity contribution in [2.45, 2.75) is 12.8 Å². The number of likely N-dealkylation sites (tertiary alicyclic amines) is 1. The zero-order valence-corrected chi connectivity index (χ0v) is 15.9. The van der Waals surface area contributed by atoms with Crippen LogP contribution in [0.15, 0.2) is 42.5 Å². The van der Waals surface area contributed by atoms with Gasteiger partial charge in [0.15, 0.2) is 0 Å². The molecule has 6 nitrogen and oxygen atoms in total. The molecule has 27 heavy (non-hydrogen) atoms. The summed E-state index contributed by atoms with van der Waals surface area (Å²) in [7, 11) is 0. The molecule has 0 radical (unpaired) electrons. The number of aromatic hydroxyl groups is 1. The Morgan fingerprint density at radius 2 is 1.59 bits per heavy atom. The van der Waals surface area contributed by atoms with E-state index in [-0.39, 0.29) is 29.3 Å². The number of phenolic OH excluding ortho intramolecular Hbond substituents is 1. The number of halogens is 2. The van der Waals surface area contributed by atoms with E-state index in [2.05, 4.69) is 10.6 Å². The van der Waals surface area contributed by atoms with Crippen LogP contribution in [0.3, 0.4) is 0 Å². The van der Waals surface area contributed by atoms with Gasteiger partial charge in [0, 0.05) is 34.7 Å². The lowest BCUT2D eigenvalue weighted by Crippen LogP contribution is -2.43. The van der Waals surface area contributed by atoms with Gasteiger partial charge in [0.05, 0.1) is 5.69 Å². The van der Waals surface area contributed by atoms with E-state index in [0.717, 1.165) is 0 Å². The minimum Gasteiger partial charge on any atom is -0.506 e.